The van der Waals surface area contributed by atoms with Crippen molar-refractivity contribution in [2.45, 2.75) is 110 Å². The highest BCUT2D eigenvalue weighted by molar-refractivity contribution is 14.1. The van der Waals surface area contributed by atoms with Crippen molar-refractivity contribution in [1.29, 1.82) is 0 Å². The predicted octanol–water partition coefficient (Wildman–Crippen LogP) is 8.62. The van der Waals surface area contributed by atoms with Gasteiger partial charge in [-0.05, 0) is 12.5 Å². The normalized spacial score (nSPS) is 11.0. The van der Waals surface area contributed by atoms with Crippen molar-refractivity contribution in [2.75, 3.05) is 0 Å². The molecular formula is C24H39IO2. The van der Waals surface area contributed by atoms with E-state index in [1.54, 1.807) is 0 Å². The van der Waals surface area contributed by atoms with E-state index in [1.807, 2.05) is 24.3 Å². The average Bonchev–Trinajstić information content (AvgIpc) is 2.70. The maximum absolute atomic E-state index is 12.2. The number of ketones is 1. The van der Waals surface area contributed by atoms with Gasteiger partial charge in [-0.2, -0.15) is 0 Å². The average molecular weight is 486 g/mol. The van der Waals surface area contributed by atoms with Gasteiger partial charge in [0.05, 0.1) is 3.57 Å². The lowest BCUT2D eigenvalue weighted by Crippen LogP contribution is -2.01. The minimum atomic E-state index is -1.26. The maximum Gasteiger partial charge on any atom is 0.182 e. The summed E-state index contributed by atoms with van der Waals surface area (Å²) in [5.74, 6) is 0.163. The summed E-state index contributed by atoms with van der Waals surface area (Å²) in [6.07, 6.45) is 20.6. The fraction of sp³-hybridized carbons (Fsp3) is 0.708. The Morgan fingerprint density at radius 3 is 1.63 bits per heavy atom. The summed E-state index contributed by atoms with van der Waals surface area (Å²) in [5, 5.41) is 0. The van der Waals surface area contributed by atoms with Gasteiger partial charge in [0.25, 0.3) is 0 Å². The summed E-state index contributed by atoms with van der Waals surface area (Å²) in [4.78, 5) is 12.2. The van der Waals surface area contributed by atoms with E-state index in [4.69, 9.17) is 0 Å². The lowest BCUT2D eigenvalue weighted by molar-refractivity contribution is 0.0978. The molecule has 0 radical (unpaired) electrons. The zero-order valence-corrected chi connectivity index (χ0v) is 19.5. The monoisotopic (exact) mass is 486 g/mol. The molecule has 27 heavy (non-hydrogen) atoms. The molecule has 2 nitrogen and oxygen atoms in total. The van der Waals surface area contributed by atoms with Gasteiger partial charge in [-0.15, -0.1) is 0 Å². The van der Waals surface area contributed by atoms with Crippen molar-refractivity contribution in [1.82, 2.24) is 0 Å². The van der Waals surface area contributed by atoms with Crippen molar-refractivity contribution in [3.05, 3.63) is 33.4 Å². The van der Waals surface area contributed by atoms with Crippen LogP contribution in [0.25, 0.3) is 0 Å². The second kappa shape index (κ2) is 17.5. The molecule has 0 amide bonds. The molecule has 0 bridgehead atoms. The van der Waals surface area contributed by atoms with E-state index in [0.717, 1.165) is 16.4 Å². The number of hydrogen-bond acceptors (Lipinski definition) is 2. The van der Waals surface area contributed by atoms with Crippen LogP contribution in [0.5, 0.6) is 0 Å². The Bertz CT molecular complexity index is 513. The number of hydrogen-bond donors (Lipinski definition) is 0. The van der Waals surface area contributed by atoms with Gasteiger partial charge in [-0.1, -0.05) is 115 Å². The minimum Gasteiger partial charge on any atom is -0.294 e. The van der Waals surface area contributed by atoms with Crippen molar-refractivity contribution < 1.29 is 7.86 Å². The number of rotatable bonds is 18. The van der Waals surface area contributed by atoms with Crippen molar-refractivity contribution in [3.63, 3.8) is 0 Å². The van der Waals surface area contributed by atoms with Crippen molar-refractivity contribution in [3.8, 4) is 0 Å². The molecule has 154 valence electrons. The van der Waals surface area contributed by atoms with Crippen LogP contribution in [0.2, 0.25) is 0 Å². The Morgan fingerprint density at radius 1 is 0.704 bits per heavy atom. The third-order valence-corrected chi connectivity index (χ3v) is 6.68. The standard InChI is InChI=1S/C24H39IO2/c1-2-3-4-5-6-7-8-9-10-11-12-13-14-15-16-21-24(26)22-19-17-18-20-23(22)25-27/h17-20H,2-16,21H2,1H3. The Labute approximate surface area is 177 Å². The molecule has 0 spiro atoms. The molecule has 0 N–H and O–H groups in total. The van der Waals surface area contributed by atoms with Crippen LogP contribution in [0.3, 0.4) is 0 Å². The van der Waals surface area contributed by atoms with Gasteiger partial charge in [0.15, 0.2) is 27.0 Å². The molecule has 0 aliphatic rings. The molecule has 0 saturated carbocycles. The summed E-state index contributed by atoms with van der Waals surface area (Å²) in [7, 11) is 0. The van der Waals surface area contributed by atoms with Crippen LogP contribution in [0.15, 0.2) is 24.3 Å². The predicted molar refractivity (Wildman–Crippen MR) is 124 cm³/mol. The smallest absolute Gasteiger partial charge is 0.182 e. The van der Waals surface area contributed by atoms with E-state index in [1.165, 1.54) is 83.5 Å². The molecule has 0 aliphatic carbocycles. The fourth-order valence-corrected chi connectivity index (χ4v) is 4.62. The molecule has 0 atom stereocenters. The third-order valence-electron chi connectivity index (χ3n) is 5.26. The molecule has 1 aromatic rings. The molecule has 0 fully saturated rings. The number of Topliss-reactive ketones (excluding diaryl/α,β-unsaturated/α-hetero) is 1. The number of unbranched alkanes of at least 4 members (excludes halogenated alkanes) is 14. The van der Waals surface area contributed by atoms with Crippen molar-refractivity contribution in [2.24, 2.45) is 0 Å². The van der Waals surface area contributed by atoms with Crippen LogP contribution in [0.1, 0.15) is 120 Å². The Hall–Kier alpha value is -0.580. The topological polar surface area (TPSA) is 34.1 Å². The zero-order chi connectivity index (χ0) is 19.6. The van der Waals surface area contributed by atoms with Gasteiger partial charge < -0.3 is 0 Å². The van der Waals surface area contributed by atoms with Crippen LogP contribution >= 0.6 is 21.2 Å². The largest absolute Gasteiger partial charge is 0.294 e. The number of carbonyl (C=O) groups is 1. The summed E-state index contributed by atoms with van der Waals surface area (Å²) >= 11 is -1.26. The SMILES string of the molecule is CCCCCCCCCCCCCCCCCC(=O)c1ccccc1I=O. The number of halogens is 1. The van der Waals surface area contributed by atoms with Crippen LogP contribution in [0, 0.1) is 3.57 Å². The van der Waals surface area contributed by atoms with E-state index < -0.39 is 21.2 Å². The molecule has 1 aromatic carbocycles. The molecule has 0 saturated heterocycles. The van der Waals surface area contributed by atoms with Crippen molar-refractivity contribution >= 4 is 27.0 Å². The van der Waals surface area contributed by atoms with Crippen LogP contribution < -0.4 is 0 Å². The molecule has 3 heteroatoms. The van der Waals surface area contributed by atoms with Crippen LogP contribution in [-0.2, 0) is 3.07 Å². The quantitative estimate of drug-likeness (QED) is 0.118. The lowest BCUT2D eigenvalue weighted by Gasteiger charge is -2.04. The van der Waals surface area contributed by atoms with E-state index in [0.29, 0.717) is 12.0 Å². The summed E-state index contributed by atoms with van der Waals surface area (Å²) < 4.78 is 12.0. The number of carbonyl (C=O) groups excluding carboxylic acids is 1. The van der Waals surface area contributed by atoms with Gasteiger partial charge in [0, 0.05) is 12.0 Å². The van der Waals surface area contributed by atoms with Crippen LogP contribution in [0.4, 0.5) is 0 Å². The second-order valence-electron chi connectivity index (χ2n) is 7.68. The van der Waals surface area contributed by atoms with Crippen LogP contribution in [-0.4, -0.2) is 5.78 Å². The molecular weight excluding hydrogens is 447 g/mol. The second-order valence-corrected chi connectivity index (χ2v) is 9.28. The van der Waals surface area contributed by atoms with E-state index >= 15 is 0 Å². The Balaban J connectivity index is 1.89. The molecule has 0 unspecified atom stereocenters. The highest BCUT2D eigenvalue weighted by atomic mass is 127. The first-order valence-corrected chi connectivity index (χ1v) is 13.1. The Kier molecular flexibility index (Phi) is 15.9. The first kappa shape index (κ1) is 24.5. The highest BCUT2D eigenvalue weighted by Crippen LogP contribution is 2.19. The summed E-state index contributed by atoms with van der Waals surface area (Å²) in [5.41, 5.74) is 0.686. The minimum absolute atomic E-state index is 0.163. The van der Waals surface area contributed by atoms with Gasteiger partial charge in [-0.25, -0.2) is 0 Å². The zero-order valence-electron chi connectivity index (χ0n) is 17.3. The summed E-state index contributed by atoms with van der Waals surface area (Å²) in [6.45, 7) is 2.27. The first-order valence-electron chi connectivity index (χ1n) is 11.2. The maximum atomic E-state index is 12.2. The summed E-state index contributed by atoms with van der Waals surface area (Å²) in [6, 6.07) is 7.36. The number of benzene rings is 1. The van der Waals surface area contributed by atoms with Gasteiger partial charge >= 0.3 is 0 Å². The Morgan fingerprint density at radius 2 is 1.15 bits per heavy atom. The van der Waals surface area contributed by atoms with E-state index in [2.05, 4.69) is 6.92 Å². The van der Waals surface area contributed by atoms with Gasteiger partial charge in [0.2, 0.25) is 0 Å². The lowest BCUT2D eigenvalue weighted by atomic mass is 10.0. The highest BCUT2D eigenvalue weighted by Gasteiger charge is 2.10. The first-order chi connectivity index (χ1) is 13.3. The van der Waals surface area contributed by atoms with E-state index in [-0.39, 0.29) is 5.78 Å². The van der Waals surface area contributed by atoms with Gasteiger partial charge in [-0.3, -0.25) is 7.86 Å². The third kappa shape index (κ3) is 12.5. The molecule has 0 aliphatic heterocycles. The fourth-order valence-electron chi connectivity index (χ4n) is 3.55. The molecule has 0 heterocycles. The molecule has 1 rings (SSSR count). The van der Waals surface area contributed by atoms with E-state index in [9.17, 15) is 7.86 Å². The molecule has 0 aromatic heterocycles. The van der Waals surface area contributed by atoms with Gasteiger partial charge in [0.1, 0.15) is 0 Å².